The van der Waals surface area contributed by atoms with Gasteiger partial charge >= 0.3 is 5.97 Å². The minimum absolute atomic E-state index is 0.0120. The third-order valence-corrected chi connectivity index (χ3v) is 5.37. The number of benzene rings is 2. The van der Waals surface area contributed by atoms with Crippen LogP contribution in [0.5, 0.6) is 5.75 Å². The third kappa shape index (κ3) is 3.66. The fourth-order valence-corrected chi connectivity index (χ4v) is 3.65. The van der Waals surface area contributed by atoms with Crippen LogP contribution < -0.4 is 10.2 Å². The number of carbonyl (C=O) groups is 1. The van der Waals surface area contributed by atoms with Crippen molar-refractivity contribution >= 4 is 37.5 Å². The Kier molecular flexibility index (Phi) is 5.34. The SMILES string of the molecule is CCC(C)C(=O)OCCOc1cccc2c(=O)c3ccccc3sc12. The van der Waals surface area contributed by atoms with Crippen LogP contribution >= 0.6 is 11.3 Å². The summed E-state index contributed by atoms with van der Waals surface area (Å²) in [7, 11) is 0. The summed E-state index contributed by atoms with van der Waals surface area (Å²) < 4.78 is 12.7. The summed E-state index contributed by atoms with van der Waals surface area (Å²) in [4.78, 5) is 24.3. The first kappa shape index (κ1) is 17.4. The van der Waals surface area contributed by atoms with Crippen molar-refractivity contribution in [3.8, 4) is 5.75 Å². The van der Waals surface area contributed by atoms with Gasteiger partial charge in [-0.05, 0) is 30.7 Å². The molecule has 130 valence electrons. The molecule has 1 heterocycles. The van der Waals surface area contributed by atoms with Crippen LogP contribution in [0.15, 0.2) is 47.3 Å². The maximum Gasteiger partial charge on any atom is 0.308 e. The number of rotatable bonds is 6. The van der Waals surface area contributed by atoms with Gasteiger partial charge in [-0.1, -0.05) is 32.0 Å². The zero-order valence-corrected chi connectivity index (χ0v) is 15.1. The Hall–Kier alpha value is -2.40. The Morgan fingerprint density at radius 3 is 2.64 bits per heavy atom. The monoisotopic (exact) mass is 356 g/mol. The van der Waals surface area contributed by atoms with E-state index in [-0.39, 0.29) is 30.5 Å². The lowest BCUT2D eigenvalue weighted by molar-refractivity contribution is -0.148. The van der Waals surface area contributed by atoms with Gasteiger partial charge in [0, 0.05) is 15.5 Å². The van der Waals surface area contributed by atoms with E-state index >= 15 is 0 Å². The van der Waals surface area contributed by atoms with Crippen molar-refractivity contribution in [2.45, 2.75) is 20.3 Å². The minimum Gasteiger partial charge on any atom is -0.489 e. The molecule has 0 saturated heterocycles. The normalized spacial score (nSPS) is 12.2. The van der Waals surface area contributed by atoms with Crippen molar-refractivity contribution in [3.63, 3.8) is 0 Å². The molecule has 5 heteroatoms. The summed E-state index contributed by atoms with van der Waals surface area (Å²) >= 11 is 1.53. The Morgan fingerprint density at radius 2 is 1.84 bits per heavy atom. The zero-order chi connectivity index (χ0) is 17.8. The van der Waals surface area contributed by atoms with Crippen LogP contribution in [0, 0.1) is 5.92 Å². The molecule has 0 aliphatic carbocycles. The highest BCUT2D eigenvalue weighted by atomic mass is 32.1. The van der Waals surface area contributed by atoms with E-state index in [2.05, 4.69) is 0 Å². The molecule has 3 aromatic rings. The van der Waals surface area contributed by atoms with E-state index in [9.17, 15) is 9.59 Å². The van der Waals surface area contributed by atoms with Crippen LogP contribution in [0.1, 0.15) is 20.3 Å². The largest absolute Gasteiger partial charge is 0.489 e. The molecule has 1 atom stereocenters. The van der Waals surface area contributed by atoms with Crippen molar-refractivity contribution < 1.29 is 14.3 Å². The molecule has 2 aromatic carbocycles. The number of fused-ring (bicyclic) bond motifs is 2. The average Bonchev–Trinajstić information content (AvgIpc) is 2.65. The molecule has 4 nitrogen and oxygen atoms in total. The molecule has 25 heavy (non-hydrogen) atoms. The maximum atomic E-state index is 12.6. The van der Waals surface area contributed by atoms with Crippen LogP contribution in [0.2, 0.25) is 0 Å². The van der Waals surface area contributed by atoms with Gasteiger partial charge < -0.3 is 9.47 Å². The summed E-state index contributed by atoms with van der Waals surface area (Å²) in [5, 5.41) is 1.37. The van der Waals surface area contributed by atoms with Crippen LogP contribution in [-0.4, -0.2) is 19.2 Å². The third-order valence-electron chi connectivity index (χ3n) is 4.17. The van der Waals surface area contributed by atoms with E-state index in [1.165, 1.54) is 11.3 Å². The number of hydrogen-bond acceptors (Lipinski definition) is 5. The first-order chi connectivity index (χ1) is 12.1. The van der Waals surface area contributed by atoms with E-state index in [4.69, 9.17) is 9.47 Å². The van der Waals surface area contributed by atoms with E-state index in [1.54, 1.807) is 0 Å². The Morgan fingerprint density at radius 1 is 1.08 bits per heavy atom. The number of esters is 1. The highest BCUT2D eigenvalue weighted by Crippen LogP contribution is 2.31. The summed E-state index contributed by atoms with van der Waals surface area (Å²) in [6.07, 6.45) is 0.754. The smallest absolute Gasteiger partial charge is 0.308 e. The highest BCUT2D eigenvalue weighted by Gasteiger charge is 2.12. The maximum absolute atomic E-state index is 12.6. The van der Waals surface area contributed by atoms with Crippen LogP contribution in [-0.2, 0) is 9.53 Å². The molecule has 0 N–H and O–H groups in total. The Bertz CT molecular complexity index is 961. The van der Waals surface area contributed by atoms with Gasteiger partial charge in [0.2, 0.25) is 0 Å². The molecule has 0 amide bonds. The van der Waals surface area contributed by atoms with Crippen molar-refractivity contribution in [2.24, 2.45) is 5.92 Å². The van der Waals surface area contributed by atoms with E-state index in [0.29, 0.717) is 11.1 Å². The predicted molar refractivity (Wildman–Crippen MR) is 102 cm³/mol. The summed E-state index contributed by atoms with van der Waals surface area (Å²) in [5.74, 6) is 0.332. The highest BCUT2D eigenvalue weighted by molar-refractivity contribution is 7.24. The van der Waals surface area contributed by atoms with Crippen LogP contribution in [0.4, 0.5) is 0 Å². The summed E-state index contributed by atoms with van der Waals surface area (Å²) in [6.45, 7) is 4.25. The van der Waals surface area contributed by atoms with Gasteiger partial charge in [0.05, 0.1) is 10.6 Å². The Labute approximate surface area is 150 Å². The number of ether oxygens (including phenoxy) is 2. The lowest BCUT2D eigenvalue weighted by Gasteiger charge is -2.11. The van der Waals surface area contributed by atoms with Gasteiger partial charge in [-0.2, -0.15) is 0 Å². The predicted octanol–water partition coefficient (Wildman–Crippen LogP) is 4.38. The molecule has 0 fully saturated rings. The molecule has 1 aromatic heterocycles. The quantitative estimate of drug-likeness (QED) is 0.374. The van der Waals surface area contributed by atoms with Crippen LogP contribution in [0.25, 0.3) is 20.2 Å². The molecular formula is C20H20O4S. The molecule has 0 saturated carbocycles. The minimum atomic E-state index is -0.209. The number of carbonyl (C=O) groups excluding carboxylic acids is 1. The van der Waals surface area contributed by atoms with Crippen molar-refractivity contribution in [1.29, 1.82) is 0 Å². The second-order valence-corrected chi connectivity index (χ2v) is 6.94. The second kappa shape index (κ2) is 7.66. The van der Waals surface area contributed by atoms with E-state index in [1.807, 2.05) is 56.3 Å². The average molecular weight is 356 g/mol. The van der Waals surface area contributed by atoms with Crippen molar-refractivity contribution in [2.75, 3.05) is 13.2 Å². The van der Waals surface area contributed by atoms with Gasteiger partial charge in [0.15, 0.2) is 5.43 Å². The molecule has 0 aliphatic rings. The number of hydrogen-bond donors (Lipinski definition) is 0. The molecule has 0 spiro atoms. The zero-order valence-electron chi connectivity index (χ0n) is 14.3. The lowest BCUT2D eigenvalue weighted by Crippen LogP contribution is -2.17. The fraction of sp³-hybridized carbons (Fsp3) is 0.300. The second-order valence-electron chi connectivity index (χ2n) is 5.89. The first-order valence-corrected chi connectivity index (χ1v) is 9.17. The van der Waals surface area contributed by atoms with Crippen molar-refractivity contribution in [1.82, 2.24) is 0 Å². The van der Waals surface area contributed by atoms with Gasteiger partial charge in [0.25, 0.3) is 0 Å². The summed E-state index contributed by atoms with van der Waals surface area (Å²) in [6, 6.07) is 13.0. The molecular weight excluding hydrogens is 336 g/mol. The molecule has 0 aliphatic heterocycles. The van der Waals surface area contributed by atoms with Gasteiger partial charge in [-0.3, -0.25) is 9.59 Å². The topological polar surface area (TPSA) is 52.6 Å². The lowest BCUT2D eigenvalue weighted by atomic mass is 10.1. The standard InChI is InChI=1S/C20H20O4S/c1-3-13(2)20(22)24-12-11-23-16-9-6-8-15-18(21)14-7-4-5-10-17(14)25-19(15)16/h4-10,13H,3,11-12H2,1-2H3. The Balaban J connectivity index is 1.80. The summed E-state index contributed by atoms with van der Waals surface area (Å²) in [5.41, 5.74) is 0.0120. The fourth-order valence-electron chi connectivity index (χ4n) is 2.51. The van der Waals surface area contributed by atoms with Crippen LogP contribution in [0.3, 0.4) is 0 Å². The molecule has 1 unspecified atom stereocenters. The van der Waals surface area contributed by atoms with Gasteiger partial charge in [0.1, 0.15) is 19.0 Å². The van der Waals surface area contributed by atoms with E-state index < -0.39 is 0 Å². The molecule has 0 bridgehead atoms. The first-order valence-electron chi connectivity index (χ1n) is 8.35. The molecule has 0 radical (unpaired) electrons. The van der Waals surface area contributed by atoms with Crippen molar-refractivity contribution in [3.05, 3.63) is 52.7 Å². The van der Waals surface area contributed by atoms with Gasteiger partial charge in [-0.15, -0.1) is 11.3 Å². The van der Waals surface area contributed by atoms with E-state index in [0.717, 1.165) is 21.2 Å². The van der Waals surface area contributed by atoms with Gasteiger partial charge in [-0.25, -0.2) is 0 Å². The molecule has 3 rings (SSSR count).